The number of anilines is 1. The number of hydrogen-bond donors (Lipinski definition) is 3. The van der Waals surface area contributed by atoms with Gasteiger partial charge < -0.3 is 36.3 Å². The first-order valence-corrected chi connectivity index (χ1v) is 52.8. The van der Waals surface area contributed by atoms with Crippen molar-refractivity contribution in [3.8, 4) is 38.8 Å². The number of aromatic nitrogens is 2. The van der Waals surface area contributed by atoms with E-state index in [2.05, 4.69) is 351 Å². The molecule has 14 aromatic rings. The third kappa shape index (κ3) is 34.1. The summed E-state index contributed by atoms with van der Waals surface area (Å²) in [4.78, 5) is 15.7. The quantitative estimate of drug-likeness (QED) is 0.00530. The Kier molecular flexibility index (Phi) is 50.1. The number of aromatic amines is 1. The molecule has 1 unspecified atom stereocenters. The van der Waals surface area contributed by atoms with E-state index < -0.39 is 0 Å². The highest BCUT2D eigenvalue weighted by molar-refractivity contribution is 14.2. The van der Waals surface area contributed by atoms with Crippen molar-refractivity contribution in [1.82, 2.24) is 9.97 Å². The number of fused-ring (bicyclic) bond motifs is 3. The van der Waals surface area contributed by atoms with Crippen LogP contribution in [0, 0.1) is 20.8 Å². The van der Waals surface area contributed by atoms with Gasteiger partial charge in [0.2, 0.25) is 0 Å². The largest absolute Gasteiger partial charge is 0.870 e. The van der Waals surface area contributed by atoms with Crippen molar-refractivity contribution in [2.75, 3.05) is 38.5 Å². The average Bonchev–Trinajstić information content (AvgIpc) is 1.61. The molecule has 0 amide bonds. The summed E-state index contributed by atoms with van der Waals surface area (Å²) in [6.07, 6.45) is 11.8. The number of benzene rings is 12. The van der Waals surface area contributed by atoms with Crippen molar-refractivity contribution in [3.63, 3.8) is 0 Å². The van der Waals surface area contributed by atoms with E-state index >= 15 is 0 Å². The number of aliphatic hydroxyl groups excluding tert-OH is 1. The number of nitrogens with one attached hydrogen (secondary N) is 1. The Balaban J connectivity index is 0.000000234. The van der Waals surface area contributed by atoms with Gasteiger partial charge in [0.25, 0.3) is 0 Å². The maximum absolute atomic E-state index is 10.1. The predicted octanol–water partition coefficient (Wildman–Crippen LogP) is 31.1. The molecule has 1 atom stereocenters. The first kappa shape index (κ1) is 108. The molecular formula is C111H140IN4O8PS4. The molecule has 18 heteroatoms. The van der Waals surface area contributed by atoms with Gasteiger partial charge in [-0.05, 0) is 200 Å². The molecule has 2 aromatic heterocycles. The van der Waals surface area contributed by atoms with Crippen LogP contribution in [-0.2, 0) is 36.1 Å². The lowest BCUT2D eigenvalue weighted by Crippen LogP contribution is -2.50. The van der Waals surface area contributed by atoms with E-state index in [0.717, 1.165) is 91.0 Å². The van der Waals surface area contributed by atoms with Gasteiger partial charge >= 0.3 is 0 Å². The molecule has 5 N–H and O–H groups in total. The Morgan fingerprint density at radius 2 is 0.822 bits per heavy atom. The average molecular weight is 1950 g/mol. The van der Waals surface area contributed by atoms with Gasteiger partial charge in [0.05, 0.1) is 73.8 Å². The summed E-state index contributed by atoms with van der Waals surface area (Å²) in [7, 11) is -0.0299. The summed E-state index contributed by atoms with van der Waals surface area (Å²) < 4.78 is 19.3. The van der Waals surface area contributed by atoms with Crippen LogP contribution < -0.4 is 16.2 Å². The topological polar surface area (TPSA) is 188 Å². The standard InChI is InChI=1S/C21H16N2.C20H17OS.C18H15S.C16H36N.C15H24O3S.C12H19N.C9H12O3S.H2IP.H2O/c1-4-10-16(11-5-1)19-20(17-12-6-2-7-13-17)23-21(22-19)18-14-8-3-9-15-18;21-14-13-15-9-11-16(12-10-15)22-19-7-3-1-5-17(19)18-6-2-4-8-20(18)22;1-4-10-16(11-5-1)19(17-12-6-2-7-13-17)18-14-8-3-9-15-18;1-5-9-13-17(14-10-6-2,15-11-7-3)16-12-8-4;1-9(2)12-7-13(10(3)4)15(19-18-17-16)14(8-12)11(5)6;1-8(2)10-6-5-7-11(9(3)4)12(10)13;1-6-4-7(2)9(8(3)5-6)13-12-11-10;1-2;/h1-15H,(H,22,23);1-12,21H,13-14H2;1-15H;5-16H2,1-4H3;7-11,16H,1-6H3;5-9H,13H2,1-4H3;4-5,10H,1-3H3;2H2;1H2/q;3*+1;;;;;/p-3/i;;;;;;;2T;. The molecule has 2 heterocycles. The number of nitrogen functional groups attached to an aromatic ring is 1. The number of unbranched alkanes of at least 4 members (excludes halogenated alkanes) is 4. The third-order valence-corrected chi connectivity index (χ3v) is 28.5. The zero-order valence-electron chi connectivity index (χ0n) is 79.9. The fourth-order valence-electron chi connectivity index (χ4n) is 15.5. The highest BCUT2D eigenvalue weighted by Crippen LogP contribution is 2.49. The van der Waals surface area contributed by atoms with Gasteiger partial charge in [-0.2, -0.15) is 8.67 Å². The van der Waals surface area contributed by atoms with Crippen molar-refractivity contribution in [3.05, 3.63) is 347 Å². The lowest BCUT2D eigenvalue weighted by Gasteiger charge is -2.39. The van der Waals surface area contributed by atoms with E-state index in [1.807, 2.05) is 110 Å². The molecule has 0 aliphatic carbocycles. The second kappa shape index (κ2) is 60.0. The van der Waals surface area contributed by atoms with Crippen LogP contribution in [0.2, 0.25) is 0 Å². The van der Waals surface area contributed by atoms with Crippen molar-refractivity contribution in [2.45, 2.75) is 230 Å². The summed E-state index contributed by atoms with van der Waals surface area (Å²) >= 11 is 3.95. The molecular weight excluding hydrogens is 1800 g/mol. The number of quaternary nitrogens is 1. The van der Waals surface area contributed by atoms with E-state index in [1.165, 1.54) is 161 Å². The first-order chi connectivity index (χ1) is 62.5. The lowest BCUT2D eigenvalue weighted by molar-refractivity contribution is -0.929. The van der Waals surface area contributed by atoms with Crippen molar-refractivity contribution >= 4 is 100 Å². The van der Waals surface area contributed by atoms with Crippen molar-refractivity contribution in [1.29, 1.82) is 1.28 Å². The predicted molar refractivity (Wildman–Crippen MR) is 562 cm³/mol. The molecule has 0 aliphatic rings. The fraction of sp³-hybridized carbons (Fsp3) is 0.324. The van der Waals surface area contributed by atoms with Crippen LogP contribution in [0.4, 0.5) is 5.69 Å². The van der Waals surface area contributed by atoms with Crippen LogP contribution in [0.5, 0.6) is 0 Å². The van der Waals surface area contributed by atoms with Crippen molar-refractivity contribution < 1.29 is 44.3 Å². The van der Waals surface area contributed by atoms with Crippen LogP contribution in [0.15, 0.2) is 322 Å². The number of imidazole rings is 1. The number of halogens is 1. The Bertz CT molecular complexity index is 5130. The number of aliphatic hydroxyl groups is 1. The van der Waals surface area contributed by atoms with Crippen LogP contribution >= 0.6 is 63.4 Å². The zero-order valence-corrected chi connectivity index (χ0v) is 85.3. The smallest absolute Gasteiger partial charge is 0.187 e. The molecule has 0 saturated carbocycles. The summed E-state index contributed by atoms with van der Waals surface area (Å²) in [5.74, 6) is 3.13. The first-order valence-electron chi connectivity index (χ1n) is 45.8. The number of aryl methyl sites for hydroxylation is 3. The fourth-order valence-corrected chi connectivity index (χ4v) is 21.3. The van der Waals surface area contributed by atoms with E-state index in [-0.39, 0.29) is 33.4 Å². The lowest BCUT2D eigenvalue weighted by atomic mass is 9.89. The second-order valence-electron chi connectivity index (χ2n) is 33.5. The van der Waals surface area contributed by atoms with Crippen LogP contribution in [0.3, 0.4) is 0 Å². The maximum Gasteiger partial charge on any atom is 0.187 e. The third-order valence-electron chi connectivity index (χ3n) is 22.2. The maximum atomic E-state index is 10.1. The summed E-state index contributed by atoms with van der Waals surface area (Å²) in [6, 6.07) is 104. The highest BCUT2D eigenvalue weighted by Gasteiger charge is 2.29. The highest BCUT2D eigenvalue weighted by atomic mass is 127. The van der Waals surface area contributed by atoms with Crippen LogP contribution in [0.1, 0.15) is 228 Å². The number of rotatable bonds is 32. The van der Waals surface area contributed by atoms with E-state index in [4.69, 9.17) is 17.1 Å². The summed E-state index contributed by atoms with van der Waals surface area (Å²) in [6.45, 7) is 43.2. The SMILES string of the molecule is CC(C)c1cc(C(C)C)c(SOO[O-])c(C(C)C)c1.CC(C)c1cccc(C(C)C)c1N.CCCC[N+](CCCC)(CCCC)CCCC.Cc1cc(C)c(SOO[O-])c(C)c1.OCCc1ccc(-[s+]2c3ccccc3c3ccccc32)cc1.[3H]PI.[OH-].c1ccc(-c2nc(-c3ccccc3)c(-c3ccccc3)[nH]2)cc1.c1ccc([S+](c2ccccc2)c2ccccc2)cc1. The molecule has 0 radical (unpaired) electrons. The van der Waals surface area contributed by atoms with Crippen LogP contribution in [0.25, 0.3) is 59.0 Å². The monoisotopic (exact) mass is 1940 g/mol. The van der Waals surface area contributed by atoms with Gasteiger partial charge in [0, 0.05) is 60.0 Å². The van der Waals surface area contributed by atoms with E-state index in [1.54, 1.807) is 0 Å². The summed E-state index contributed by atoms with van der Waals surface area (Å²) in [5, 5.41) is 38.3. The number of thiophene rings is 1. The van der Waals surface area contributed by atoms with E-state index in [9.17, 15) is 10.5 Å². The van der Waals surface area contributed by atoms with Gasteiger partial charge in [-0.15, -0.1) is 0 Å². The Hall–Kier alpha value is -8.28. The van der Waals surface area contributed by atoms with Gasteiger partial charge in [-0.3, -0.25) is 10.1 Å². The van der Waals surface area contributed by atoms with E-state index in [0.29, 0.717) is 36.4 Å². The summed E-state index contributed by atoms with van der Waals surface area (Å²) in [5.41, 5.74) is 23.3. The normalized spacial score (nSPS) is 11.1. The van der Waals surface area contributed by atoms with Gasteiger partial charge in [0.15, 0.2) is 29.0 Å². The Labute approximate surface area is 803 Å². The molecule has 12 aromatic carbocycles. The second-order valence-corrected chi connectivity index (χ2v) is 38.9. The molecule has 14 rings (SSSR count). The van der Waals surface area contributed by atoms with Gasteiger partial charge in [0.1, 0.15) is 5.82 Å². The number of H-pyrrole nitrogens is 1. The molecule has 0 bridgehead atoms. The Morgan fingerprint density at radius 3 is 1.19 bits per heavy atom. The molecule has 688 valence electrons. The minimum atomic E-state index is -0.0153. The minimum Gasteiger partial charge on any atom is -0.870 e. The molecule has 12 nitrogen and oxygen atoms in total. The molecule has 0 fully saturated rings. The molecule has 0 saturated heterocycles. The van der Waals surface area contributed by atoms with Crippen LogP contribution in [-0.4, -0.2) is 59.1 Å². The number of nitrogens with two attached hydrogens (primary N) is 1. The number of hydrogen-bond acceptors (Lipinski definition) is 12. The molecule has 0 aliphatic heterocycles. The van der Waals surface area contributed by atoms with Crippen molar-refractivity contribution in [2.24, 2.45) is 0 Å². The minimum absolute atomic E-state index is 0. The molecule has 0 spiro atoms. The molecule has 129 heavy (non-hydrogen) atoms. The number of nitrogens with zero attached hydrogens (tertiary/aromatic N) is 2. The zero-order chi connectivity index (χ0) is 93.5. The van der Waals surface area contributed by atoms with Gasteiger partial charge in [-0.25, -0.2) is 4.98 Å². The number of para-hydroxylation sites is 1. The van der Waals surface area contributed by atoms with Gasteiger partial charge in [-0.1, -0.05) is 382 Å². The Morgan fingerprint density at radius 1 is 0.465 bits per heavy atom.